The molecule has 0 spiro atoms. The van der Waals surface area contributed by atoms with Crippen LogP contribution in [0.2, 0.25) is 0 Å². The van der Waals surface area contributed by atoms with E-state index in [0.717, 1.165) is 6.54 Å². The summed E-state index contributed by atoms with van der Waals surface area (Å²) in [5.74, 6) is 0. The van der Waals surface area contributed by atoms with Crippen molar-refractivity contribution in [3.05, 3.63) is 71.3 Å². The standard InChI is InChI=1S/C17H17N/c1-13-17(11-14-7-3-2-4-8-14)16-10-6-5-9-15(16)12-18-13/h2-11,13,18H,12H2,1H3/b17-11+. The van der Waals surface area contributed by atoms with E-state index in [4.69, 9.17) is 0 Å². The highest BCUT2D eigenvalue weighted by molar-refractivity contribution is 5.86. The van der Waals surface area contributed by atoms with Crippen LogP contribution < -0.4 is 5.32 Å². The fourth-order valence-corrected chi connectivity index (χ4v) is 2.49. The molecule has 0 aliphatic carbocycles. The van der Waals surface area contributed by atoms with E-state index in [2.05, 4.69) is 72.9 Å². The van der Waals surface area contributed by atoms with Crippen molar-refractivity contribution in [3.8, 4) is 0 Å². The molecule has 18 heavy (non-hydrogen) atoms. The van der Waals surface area contributed by atoms with Crippen LogP contribution in [-0.4, -0.2) is 6.04 Å². The van der Waals surface area contributed by atoms with Gasteiger partial charge in [-0.1, -0.05) is 54.6 Å². The molecule has 1 nitrogen and oxygen atoms in total. The third-order valence-electron chi connectivity index (χ3n) is 3.52. The topological polar surface area (TPSA) is 12.0 Å². The van der Waals surface area contributed by atoms with Crippen molar-refractivity contribution in [2.75, 3.05) is 0 Å². The Hall–Kier alpha value is -1.86. The smallest absolute Gasteiger partial charge is 0.0301 e. The fraction of sp³-hybridized carbons (Fsp3) is 0.176. The van der Waals surface area contributed by atoms with Gasteiger partial charge in [0.25, 0.3) is 0 Å². The number of hydrogen-bond acceptors (Lipinski definition) is 1. The van der Waals surface area contributed by atoms with Gasteiger partial charge in [0.15, 0.2) is 0 Å². The molecule has 90 valence electrons. The lowest BCUT2D eigenvalue weighted by molar-refractivity contribution is 0.626. The molecule has 0 fully saturated rings. The van der Waals surface area contributed by atoms with Crippen LogP contribution in [0, 0.1) is 0 Å². The predicted octanol–water partition coefficient (Wildman–Crippen LogP) is 3.72. The van der Waals surface area contributed by atoms with Crippen molar-refractivity contribution in [3.63, 3.8) is 0 Å². The molecule has 3 rings (SSSR count). The van der Waals surface area contributed by atoms with Crippen molar-refractivity contribution in [1.29, 1.82) is 0 Å². The van der Waals surface area contributed by atoms with Crippen LogP contribution >= 0.6 is 0 Å². The molecule has 1 atom stereocenters. The SMILES string of the molecule is CC1NCc2ccccc2/C1=C/c1ccccc1. The predicted molar refractivity (Wildman–Crippen MR) is 77.1 cm³/mol. The fourth-order valence-electron chi connectivity index (χ4n) is 2.49. The highest BCUT2D eigenvalue weighted by Crippen LogP contribution is 2.28. The monoisotopic (exact) mass is 235 g/mol. The van der Waals surface area contributed by atoms with Crippen molar-refractivity contribution < 1.29 is 0 Å². The van der Waals surface area contributed by atoms with E-state index < -0.39 is 0 Å². The van der Waals surface area contributed by atoms with Crippen LogP contribution in [-0.2, 0) is 6.54 Å². The van der Waals surface area contributed by atoms with E-state index in [1.165, 1.54) is 22.3 Å². The summed E-state index contributed by atoms with van der Waals surface area (Å²) in [5, 5.41) is 3.54. The average Bonchev–Trinajstić information content (AvgIpc) is 2.43. The Labute approximate surface area is 108 Å². The summed E-state index contributed by atoms with van der Waals surface area (Å²) in [4.78, 5) is 0. The quantitative estimate of drug-likeness (QED) is 0.794. The molecular formula is C17H17N. The first-order valence-corrected chi connectivity index (χ1v) is 6.43. The van der Waals surface area contributed by atoms with E-state index in [1.54, 1.807) is 0 Å². The molecule has 2 aromatic carbocycles. The minimum atomic E-state index is 0.403. The normalized spacial score (nSPS) is 20.7. The van der Waals surface area contributed by atoms with E-state index >= 15 is 0 Å². The van der Waals surface area contributed by atoms with Crippen LogP contribution in [0.3, 0.4) is 0 Å². The number of fused-ring (bicyclic) bond motifs is 1. The number of rotatable bonds is 1. The zero-order valence-electron chi connectivity index (χ0n) is 10.6. The molecule has 0 saturated heterocycles. The summed E-state index contributed by atoms with van der Waals surface area (Å²) < 4.78 is 0. The summed E-state index contributed by atoms with van der Waals surface area (Å²) in [6, 6.07) is 19.6. The second-order valence-electron chi connectivity index (χ2n) is 4.77. The largest absolute Gasteiger partial charge is 0.306 e. The Morgan fingerprint density at radius 3 is 2.56 bits per heavy atom. The molecule has 2 aromatic rings. The molecule has 0 amide bonds. The van der Waals surface area contributed by atoms with Gasteiger partial charge in [0, 0.05) is 12.6 Å². The number of nitrogens with one attached hydrogen (secondary N) is 1. The zero-order chi connectivity index (χ0) is 12.4. The van der Waals surface area contributed by atoms with E-state index in [1.807, 2.05) is 0 Å². The van der Waals surface area contributed by atoms with E-state index in [0.29, 0.717) is 6.04 Å². The number of hydrogen-bond donors (Lipinski definition) is 1. The highest BCUT2D eigenvalue weighted by atomic mass is 14.9. The maximum absolute atomic E-state index is 3.54. The lowest BCUT2D eigenvalue weighted by atomic mass is 9.90. The molecule has 1 unspecified atom stereocenters. The molecule has 0 aromatic heterocycles. The molecule has 0 radical (unpaired) electrons. The third-order valence-corrected chi connectivity index (χ3v) is 3.52. The van der Waals surface area contributed by atoms with Crippen molar-refractivity contribution >= 4 is 11.6 Å². The second-order valence-corrected chi connectivity index (χ2v) is 4.77. The van der Waals surface area contributed by atoms with Gasteiger partial charge in [-0.05, 0) is 35.3 Å². The van der Waals surface area contributed by atoms with Gasteiger partial charge in [-0.15, -0.1) is 0 Å². The Balaban J connectivity index is 2.08. The summed E-state index contributed by atoms with van der Waals surface area (Å²) >= 11 is 0. The van der Waals surface area contributed by atoms with Gasteiger partial charge in [-0.2, -0.15) is 0 Å². The van der Waals surface area contributed by atoms with Crippen LogP contribution in [0.5, 0.6) is 0 Å². The van der Waals surface area contributed by atoms with Gasteiger partial charge in [-0.3, -0.25) is 0 Å². The first-order valence-electron chi connectivity index (χ1n) is 6.43. The summed E-state index contributed by atoms with van der Waals surface area (Å²) in [6.07, 6.45) is 2.29. The first kappa shape index (κ1) is 11.2. The van der Waals surface area contributed by atoms with Crippen molar-refractivity contribution in [2.45, 2.75) is 19.5 Å². The second kappa shape index (κ2) is 4.79. The molecular weight excluding hydrogens is 218 g/mol. The Morgan fingerprint density at radius 2 is 1.72 bits per heavy atom. The summed E-state index contributed by atoms with van der Waals surface area (Å²) in [6.45, 7) is 3.19. The lowest BCUT2D eigenvalue weighted by Crippen LogP contribution is -2.31. The molecule has 1 N–H and O–H groups in total. The molecule has 1 aliphatic heterocycles. The van der Waals surface area contributed by atoms with Gasteiger partial charge < -0.3 is 5.32 Å². The van der Waals surface area contributed by atoms with Gasteiger partial charge in [-0.25, -0.2) is 0 Å². The molecule has 0 bridgehead atoms. The van der Waals surface area contributed by atoms with Gasteiger partial charge in [0.05, 0.1) is 0 Å². The van der Waals surface area contributed by atoms with Crippen LogP contribution in [0.1, 0.15) is 23.6 Å². The van der Waals surface area contributed by atoms with Crippen LogP contribution in [0.4, 0.5) is 0 Å². The molecule has 1 aliphatic rings. The maximum atomic E-state index is 3.54. The summed E-state index contributed by atoms with van der Waals surface area (Å²) in [5.41, 5.74) is 5.41. The molecule has 1 heteroatoms. The molecule has 1 heterocycles. The third kappa shape index (κ3) is 2.09. The first-order chi connectivity index (χ1) is 8.84. The maximum Gasteiger partial charge on any atom is 0.0301 e. The van der Waals surface area contributed by atoms with Crippen LogP contribution in [0.15, 0.2) is 54.6 Å². The van der Waals surface area contributed by atoms with Crippen molar-refractivity contribution in [1.82, 2.24) is 5.32 Å². The van der Waals surface area contributed by atoms with Gasteiger partial charge in [0.2, 0.25) is 0 Å². The summed E-state index contributed by atoms with van der Waals surface area (Å²) in [7, 11) is 0. The van der Waals surface area contributed by atoms with Crippen molar-refractivity contribution in [2.24, 2.45) is 0 Å². The Kier molecular flexibility index (Phi) is 2.99. The van der Waals surface area contributed by atoms with E-state index in [-0.39, 0.29) is 0 Å². The Bertz CT molecular complexity index is 569. The average molecular weight is 235 g/mol. The number of benzene rings is 2. The minimum Gasteiger partial charge on any atom is -0.306 e. The lowest BCUT2D eigenvalue weighted by Gasteiger charge is -2.26. The highest BCUT2D eigenvalue weighted by Gasteiger charge is 2.18. The van der Waals surface area contributed by atoms with Crippen LogP contribution in [0.25, 0.3) is 11.6 Å². The van der Waals surface area contributed by atoms with Gasteiger partial charge in [0.1, 0.15) is 0 Å². The molecule has 0 saturated carbocycles. The van der Waals surface area contributed by atoms with Gasteiger partial charge >= 0.3 is 0 Å². The zero-order valence-corrected chi connectivity index (χ0v) is 10.6. The minimum absolute atomic E-state index is 0.403. The Morgan fingerprint density at radius 1 is 1.00 bits per heavy atom. The van der Waals surface area contributed by atoms with E-state index in [9.17, 15) is 0 Å².